The SMILES string of the molecule is O=C(NCc1ccc2nccc(Cl)c2c1)c1cncn(Cc2ccc(F)c(F)c2)c1=O. The molecule has 0 aliphatic rings. The van der Waals surface area contributed by atoms with E-state index in [4.69, 9.17) is 11.6 Å². The first-order valence-electron chi connectivity index (χ1n) is 9.22. The Morgan fingerprint density at radius 3 is 2.68 bits per heavy atom. The number of aromatic nitrogens is 3. The quantitative estimate of drug-likeness (QED) is 0.513. The van der Waals surface area contributed by atoms with Crippen molar-refractivity contribution < 1.29 is 13.6 Å². The molecule has 1 amide bonds. The molecule has 2 aromatic carbocycles. The topological polar surface area (TPSA) is 76.9 Å². The van der Waals surface area contributed by atoms with Crippen molar-refractivity contribution in [3.63, 3.8) is 0 Å². The molecule has 31 heavy (non-hydrogen) atoms. The number of rotatable bonds is 5. The van der Waals surface area contributed by atoms with Gasteiger partial charge in [-0.05, 0) is 41.5 Å². The van der Waals surface area contributed by atoms with Gasteiger partial charge in [0.2, 0.25) is 0 Å². The molecule has 4 rings (SSSR count). The molecule has 0 saturated carbocycles. The van der Waals surface area contributed by atoms with Crippen LogP contribution in [0.15, 0.2) is 66.0 Å². The zero-order chi connectivity index (χ0) is 22.0. The number of fused-ring (bicyclic) bond motifs is 1. The summed E-state index contributed by atoms with van der Waals surface area (Å²) in [5, 5.41) is 3.99. The van der Waals surface area contributed by atoms with Gasteiger partial charge in [-0.3, -0.25) is 19.1 Å². The molecule has 2 aromatic heterocycles. The second kappa shape index (κ2) is 8.61. The fourth-order valence-corrected chi connectivity index (χ4v) is 3.31. The highest BCUT2D eigenvalue weighted by atomic mass is 35.5. The van der Waals surface area contributed by atoms with Crippen LogP contribution in [-0.4, -0.2) is 20.4 Å². The first-order chi connectivity index (χ1) is 14.9. The first-order valence-corrected chi connectivity index (χ1v) is 9.60. The Morgan fingerprint density at radius 2 is 1.87 bits per heavy atom. The van der Waals surface area contributed by atoms with Gasteiger partial charge < -0.3 is 5.32 Å². The van der Waals surface area contributed by atoms with Gasteiger partial charge in [-0.2, -0.15) is 0 Å². The standard InChI is InChI=1S/C22H15ClF2N4O2/c23-17-5-6-27-20-4-2-13(7-15(17)20)9-28-21(30)16-10-26-12-29(22(16)31)11-14-1-3-18(24)19(25)8-14/h1-8,10,12H,9,11H2,(H,28,30). The third-order valence-electron chi connectivity index (χ3n) is 4.69. The highest BCUT2D eigenvalue weighted by Gasteiger charge is 2.14. The molecule has 0 aliphatic heterocycles. The molecule has 0 aliphatic carbocycles. The van der Waals surface area contributed by atoms with Crippen molar-refractivity contribution in [3.8, 4) is 0 Å². The molecular formula is C22H15ClF2N4O2. The van der Waals surface area contributed by atoms with Crippen molar-refractivity contribution in [2.45, 2.75) is 13.1 Å². The zero-order valence-corrected chi connectivity index (χ0v) is 16.7. The molecule has 4 aromatic rings. The van der Waals surface area contributed by atoms with Crippen LogP contribution in [0.3, 0.4) is 0 Å². The summed E-state index contributed by atoms with van der Waals surface area (Å²) in [5.41, 5.74) is 1.12. The van der Waals surface area contributed by atoms with Crippen LogP contribution in [-0.2, 0) is 13.1 Å². The lowest BCUT2D eigenvalue weighted by Crippen LogP contribution is -2.33. The lowest BCUT2D eigenvalue weighted by molar-refractivity contribution is 0.0948. The summed E-state index contributed by atoms with van der Waals surface area (Å²) < 4.78 is 27.7. The van der Waals surface area contributed by atoms with Gasteiger partial charge >= 0.3 is 0 Å². The Balaban J connectivity index is 1.51. The molecule has 0 radical (unpaired) electrons. The van der Waals surface area contributed by atoms with Crippen molar-refractivity contribution in [1.29, 1.82) is 0 Å². The van der Waals surface area contributed by atoms with Gasteiger partial charge in [-0.25, -0.2) is 13.8 Å². The number of carbonyl (C=O) groups is 1. The Labute approximate surface area is 180 Å². The molecule has 0 atom stereocenters. The smallest absolute Gasteiger partial charge is 0.266 e. The third kappa shape index (κ3) is 4.44. The predicted molar refractivity (Wildman–Crippen MR) is 112 cm³/mol. The van der Waals surface area contributed by atoms with Gasteiger partial charge in [0.1, 0.15) is 5.56 Å². The van der Waals surface area contributed by atoms with Crippen LogP contribution in [0.2, 0.25) is 5.02 Å². The van der Waals surface area contributed by atoms with E-state index in [1.807, 2.05) is 6.07 Å². The largest absolute Gasteiger partial charge is 0.348 e. The predicted octanol–water partition coefficient (Wildman–Crippen LogP) is 3.70. The van der Waals surface area contributed by atoms with Crippen molar-refractivity contribution in [2.75, 3.05) is 0 Å². The minimum absolute atomic E-state index is 0.0552. The minimum Gasteiger partial charge on any atom is -0.348 e. The molecule has 6 nitrogen and oxygen atoms in total. The summed E-state index contributed by atoms with van der Waals surface area (Å²) in [7, 11) is 0. The summed E-state index contributed by atoms with van der Waals surface area (Å²) >= 11 is 6.19. The lowest BCUT2D eigenvalue weighted by atomic mass is 10.1. The number of pyridine rings is 1. The van der Waals surface area contributed by atoms with Crippen LogP contribution in [0, 0.1) is 11.6 Å². The third-order valence-corrected chi connectivity index (χ3v) is 5.02. The van der Waals surface area contributed by atoms with E-state index in [1.54, 1.807) is 24.4 Å². The number of nitrogens with zero attached hydrogens (tertiary/aromatic N) is 3. The van der Waals surface area contributed by atoms with Gasteiger partial charge in [-0.15, -0.1) is 0 Å². The van der Waals surface area contributed by atoms with E-state index in [2.05, 4.69) is 15.3 Å². The number of carbonyl (C=O) groups excluding carboxylic acids is 1. The Morgan fingerprint density at radius 1 is 1.06 bits per heavy atom. The maximum absolute atomic E-state index is 13.4. The van der Waals surface area contributed by atoms with E-state index in [1.165, 1.54) is 18.6 Å². The molecular weight excluding hydrogens is 426 g/mol. The summed E-state index contributed by atoms with van der Waals surface area (Å²) in [5.74, 6) is -2.60. The average molecular weight is 441 g/mol. The molecule has 0 bridgehead atoms. The van der Waals surface area contributed by atoms with Crippen molar-refractivity contribution in [2.24, 2.45) is 0 Å². The van der Waals surface area contributed by atoms with Gasteiger partial charge in [0.15, 0.2) is 11.6 Å². The minimum atomic E-state index is -1.02. The first kappa shape index (κ1) is 20.6. The van der Waals surface area contributed by atoms with Crippen molar-refractivity contribution in [1.82, 2.24) is 19.9 Å². The second-order valence-electron chi connectivity index (χ2n) is 6.82. The van der Waals surface area contributed by atoms with Crippen LogP contribution in [0.25, 0.3) is 10.9 Å². The normalized spacial score (nSPS) is 10.9. The molecule has 0 fully saturated rings. The molecule has 9 heteroatoms. The number of benzene rings is 2. The van der Waals surface area contributed by atoms with Crippen molar-refractivity contribution in [3.05, 3.63) is 105 Å². The summed E-state index contributed by atoms with van der Waals surface area (Å²) in [6, 6.07) is 10.4. The summed E-state index contributed by atoms with van der Waals surface area (Å²) in [6.45, 7) is 0.109. The van der Waals surface area contributed by atoms with Crippen LogP contribution in [0.4, 0.5) is 8.78 Å². The Kier molecular flexibility index (Phi) is 5.73. The molecule has 0 spiro atoms. The number of amides is 1. The van der Waals surface area contributed by atoms with Gasteiger partial charge in [0.25, 0.3) is 11.5 Å². The summed E-state index contributed by atoms with van der Waals surface area (Å²) in [4.78, 5) is 33.4. The van der Waals surface area contributed by atoms with E-state index in [9.17, 15) is 18.4 Å². The fourth-order valence-electron chi connectivity index (χ4n) is 3.10. The highest BCUT2D eigenvalue weighted by molar-refractivity contribution is 6.35. The Bertz CT molecular complexity index is 1360. The lowest BCUT2D eigenvalue weighted by Gasteiger charge is -2.09. The van der Waals surface area contributed by atoms with Crippen LogP contribution in [0.5, 0.6) is 0 Å². The monoisotopic (exact) mass is 440 g/mol. The van der Waals surface area contributed by atoms with E-state index >= 15 is 0 Å². The highest BCUT2D eigenvalue weighted by Crippen LogP contribution is 2.22. The summed E-state index contributed by atoms with van der Waals surface area (Å²) in [6.07, 6.45) is 4.01. The van der Waals surface area contributed by atoms with Gasteiger partial charge in [0, 0.05) is 24.3 Å². The zero-order valence-electron chi connectivity index (χ0n) is 16.0. The number of hydrogen-bond acceptors (Lipinski definition) is 4. The average Bonchev–Trinajstić information content (AvgIpc) is 2.76. The van der Waals surface area contributed by atoms with Gasteiger partial charge in [0.05, 0.1) is 23.4 Å². The van der Waals surface area contributed by atoms with Crippen LogP contribution < -0.4 is 10.9 Å². The van der Waals surface area contributed by atoms with Crippen LogP contribution in [0.1, 0.15) is 21.5 Å². The van der Waals surface area contributed by atoms with E-state index in [-0.39, 0.29) is 18.7 Å². The molecule has 2 heterocycles. The number of halogens is 3. The van der Waals surface area contributed by atoms with Crippen molar-refractivity contribution >= 4 is 28.4 Å². The maximum atomic E-state index is 13.4. The number of hydrogen-bond donors (Lipinski definition) is 1. The Hall–Kier alpha value is -3.65. The maximum Gasteiger partial charge on any atom is 0.266 e. The molecule has 156 valence electrons. The van der Waals surface area contributed by atoms with E-state index in [0.29, 0.717) is 10.6 Å². The van der Waals surface area contributed by atoms with Crippen LogP contribution >= 0.6 is 11.6 Å². The van der Waals surface area contributed by atoms with Gasteiger partial charge in [-0.1, -0.05) is 23.7 Å². The molecule has 1 N–H and O–H groups in total. The second-order valence-corrected chi connectivity index (χ2v) is 7.22. The fraction of sp³-hybridized carbons (Fsp3) is 0.0909. The van der Waals surface area contributed by atoms with E-state index < -0.39 is 23.1 Å². The van der Waals surface area contributed by atoms with E-state index in [0.717, 1.165) is 33.2 Å². The molecule has 0 saturated heterocycles. The molecule has 0 unspecified atom stereocenters. The number of nitrogens with one attached hydrogen (secondary N) is 1.